The number of nitrogens with one attached hydrogen (secondary N) is 2. The number of rotatable bonds is 5. The van der Waals surface area contributed by atoms with Gasteiger partial charge in [0, 0.05) is 17.9 Å². The third-order valence-corrected chi connectivity index (χ3v) is 4.67. The molecular weight excluding hydrogens is 330 g/mol. The number of nitriles is 1. The van der Waals surface area contributed by atoms with Crippen LogP contribution in [0.15, 0.2) is 40.9 Å². The van der Waals surface area contributed by atoms with Crippen molar-refractivity contribution in [3.8, 4) is 6.07 Å². The molecule has 0 aliphatic heterocycles. The molecule has 0 saturated heterocycles. The van der Waals surface area contributed by atoms with Gasteiger partial charge in [0.15, 0.2) is 0 Å². The molecule has 24 heavy (non-hydrogen) atoms. The van der Waals surface area contributed by atoms with Crippen molar-refractivity contribution in [2.24, 2.45) is 0 Å². The number of benzene rings is 1. The second-order valence-electron chi connectivity index (χ2n) is 5.63. The summed E-state index contributed by atoms with van der Waals surface area (Å²) in [6.45, 7) is 0. The lowest BCUT2D eigenvalue weighted by Gasteiger charge is -2.21. The highest BCUT2D eigenvalue weighted by Crippen LogP contribution is 2.18. The Morgan fingerprint density at radius 2 is 2.00 bits per heavy atom. The molecule has 1 aromatic carbocycles. The lowest BCUT2D eigenvalue weighted by Crippen LogP contribution is -2.28. The molecule has 1 aliphatic carbocycles. The van der Waals surface area contributed by atoms with Gasteiger partial charge >= 0.3 is 0 Å². The quantitative estimate of drug-likeness (QED) is 0.426. The highest BCUT2D eigenvalue weighted by Gasteiger charge is 2.15. The van der Waals surface area contributed by atoms with E-state index in [-0.39, 0.29) is 22.2 Å². The second kappa shape index (κ2) is 7.95. The van der Waals surface area contributed by atoms with Gasteiger partial charge in [-0.1, -0.05) is 25.3 Å². The van der Waals surface area contributed by atoms with Gasteiger partial charge in [-0.15, -0.1) is 0 Å². The highest BCUT2D eigenvalue weighted by molar-refractivity contribution is 7.85. The maximum Gasteiger partial charge on any atom is 0.294 e. The van der Waals surface area contributed by atoms with E-state index >= 15 is 0 Å². The lowest BCUT2D eigenvalue weighted by molar-refractivity contribution is -0.112. The molecular formula is C16H19N3O4S. The first-order chi connectivity index (χ1) is 11.4. The Bertz CT molecular complexity index is 775. The molecule has 1 fully saturated rings. The summed E-state index contributed by atoms with van der Waals surface area (Å²) in [6.07, 6.45) is 6.88. The van der Waals surface area contributed by atoms with Crippen LogP contribution in [0.4, 0.5) is 5.69 Å². The van der Waals surface area contributed by atoms with Crippen LogP contribution in [0.2, 0.25) is 0 Å². The molecule has 1 aromatic rings. The number of amides is 1. The summed E-state index contributed by atoms with van der Waals surface area (Å²) in [4.78, 5) is 11.8. The van der Waals surface area contributed by atoms with Gasteiger partial charge in [0.1, 0.15) is 11.6 Å². The number of carbonyl (C=O) groups excluding carboxylic acids is 1. The van der Waals surface area contributed by atoms with E-state index < -0.39 is 16.0 Å². The van der Waals surface area contributed by atoms with Gasteiger partial charge in [-0.3, -0.25) is 9.35 Å². The minimum atomic E-state index is -4.35. The fourth-order valence-corrected chi connectivity index (χ4v) is 3.08. The summed E-state index contributed by atoms with van der Waals surface area (Å²) in [5.41, 5.74) is 0.0757. The van der Waals surface area contributed by atoms with Crippen LogP contribution in [-0.4, -0.2) is 24.9 Å². The molecule has 1 saturated carbocycles. The SMILES string of the molecule is N#C/C(=C/NC1CCCCC1)C(=O)Nc1cccc(S(=O)(=O)O)c1. The topological polar surface area (TPSA) is 119 Å². The summed E-state index contributed by atoms with van der Waals surface area (Å²) in [7, 11) is -4.35. The van der Waals surface area contributed by atoms with Crippen LogP contribution in [0.5, 0.6) is 0 Å². The van der Waals surface area contributed by atoms with E-state index in [0.29, 0.717) is 0 Å². The number of nitrogens with zero attached hydrogens (tertiary/aromatic N) is 1. The van der Waals surface area contributed by atoms with Crippen molar-refractivity contribution >= 4 is 21.7 Å². The standard InChI is InChI=1S/C16H19N3O4S/c17-10-12(11-18-13-5-2-1-3-6-13)16(20)19-14-7-4-8-15(9-14)24(21,22)23/h4,7-9,11,13,18H,1-3,5-6H2,(H,19,20)(H,21,22,23)/b12-11-. The maximum absolute atomic E-state index is 12.1. The predicted molar refractivity (Wildman–Crippen MR) is 88.6 cm³/mol. The third kappa shape index (κ3) is 5.08. The normalized spacial score (nSPS) is 16.2. The summed E-state index contributed by atoms with van der Waals surface area (Å²) < 4.78 is 31.2. The third-order valence-electron chi connectivity index (χ3n) is 3.82. The summed E-state index contributed by atoms with van der Waals surface area (Å²) in [5, 5.41) is 14.7. The van der Waals surface area contributed by atoms with Gasteiger partial charge in [0.05, 0.1) is 4.90 Å². The molecule has 0 spiro atoms. The Balaban J connectivity index is 2.05. The van der Waals surface area contributed by atoms with E-state index in [9.17, 15) is 13.2 Å². The van der Waals surface area contributed by atoms with Crippen LogP contribution in [0, 0.1) is 11.3 Å². The zero-order valence-corrected chi connectivity index (χ0v) is 13.8. The zero-order chi connectivity index (χ0) is 17.6. The van der Waals surface area contributed by atoms with Crippen molar-refractivity contribution in [1.82, 2.24) is 5.32 Å². The average Bonchev–Trinajstić information content (AvgIpc) is 2.56. The smallest absolute Gasteiger partial charge is 0.294 e. The summed E-state index contributed by atoms with van der Waals surface area (Å²) in [5.74, 6) is -0.645. The molecule has 3 N–H and O–H groups in total. The molecule has 1 aliphatic rings. The Morgan fingerprint density at radius 3 is 2.62 bits per heavy atom. The predicted octanol–water partition coefficient (Wildman–Crippen LogP) is 2.20. The fraction of sp³-hybridized carbons (Fsp3) is 0.375. The van der Waals surface area contributed by atoms with E-state index in [0.717, 1.165) is 31.7 Å². The molecule has 2 rings (SSSR count). The van der Waals surface area contributed by atoms with Gasteiger partial charge in [-0.05, 0) is 31.0 Å². The van der Waals surface area contributed by atoms with E-state index in [4.69, 9.17) is 9.81 Å². The molecule has 0 atom stereocenters. The van der Waals surface area contributed by atoms with E-state index in [1.54, 1.807) is 0 Å². The first-order valence-corrected chi connectivity index (χ1v) is 9.09. The number of anilines is 1. The van der Waals surface area contributed by atoms with Crippen molar-refractivity contribution < 1.29 is 17.8 Å². The lowest BCUT2D eigenvalue weighted by atomic mass is 9.96. The highest BCUT2D eigenvalue weighted by atomic mass is 32.2. The Morgan fingerprint density at radius 1 is 1.29 bits per heavy atom. The molecule has 0 unspecified atom stereocenters. The fourth-order valence-electron chi connectivity index (χ4n) is 2.55. The van der Waals surface area contributed by atoms with Crippen molar-refractivity contribution in [1.29, 1.82) is 5.26 Å². The molecule has 0 aromatic heterocycles. The Kier molecular flexibility index (Phi) is 5.95. The molecule has 0 bridgehead atoms. The summed E-state index contributed by atoms with van der Waals surface area (Å²) in [6, 6.07) is 7.27. The summed E-state index contributed by atoms with van der Waals surface area (Å²) >= 11 is 0. The van der Waals surface area contributed by atoms with Gasteiger partial charge in [0.25, 0.3) is 16.0 Å². The van der Waals surface area contributed by atoms with Crippen LogP contribution in [0.1, 0.15) is 32.1 Å². The van der Waals surface area contributed by atoms with Crippen LogP contribution in [-0.2, 0) is 14.9 Å². The van der Waals surface area contributed by atoms with Crippen molar-refractivity contribution in [3.05, 3.63) is 36.0 Å². The van der Waals surface area contributed by atoms with E-state index in [1.807, 2.05) is 6.07 Å². The van der Waals surface area contributed by atoms with E-state index in [2.05, 4.69) is 10.6 Å². The number of hydrogen-bond acceptors (Lipinski definition) is 5. The van der Waals surface area contributed by atoms with Crippen LogP contribution in [0.3, 0.4) is 0 Å². The molecule has 0 heterocycles. The molecule has 0 radical (unpaired) electrons. The van der Waals surface area contributed by atoms with Crippen LogP contribution < -0.4 is 10.6 Å². The first kappa shape index (κ1) is 18.0. The maximum atomic E-state index is 12.1. The molecule has 7 nitrogen and oxygen atoms in total. The van der Waals surface area contributed by atoms with Gasteiger partial charge < -0.3 is 10.6 Å². The molecule has 1 amide bonds. The monoisotopic (exact) mass is 349 g/mol. The van der Waals surface area contributed by atoms with Crippen molar-refractivity contribution in [2.75, 3.05) is 5.32 Å². The second-order valence-corrected chi connectivity index (χ2v) is 7.05. The minimum Gasteiger partial charge on any atom is -0.387 e. The average molecular weight is 349 g/mol. The largest absolute Gasteiger partial charge is 0.387 e. The Labute approximate surface area is 141 Å². The molecule has 128 valence electrons. The zero-order valence-electron chi connectivity index (χ0n) is 13.0. The van der Waals surface area contributed by atoms with Crippen molar-refractivity contribution in [2.45, 2.75) is 43.0 Å². The number of carbonyl (C=O) groups is 1. The van der Waals surface area contributed by atoms with Gasteiger partial charge in [-0.2, -0.15) is 13.7 Å². The van der Waals surface area contributed by atoms with Gasteiger partial charge in [0.2, 0.25) is 0 Å². The molecule has 8 heteroatoms. The first-order valence-electron chi connectivity index (χ1n) is 7.65. The van der Waals surface area contributed by atoms with Crippen LogP contribution in [0.25, 0.3) is 0 Å². The Hall–Kier alpha value is -2.37. The van der Waals surface area contributed by atoms with Gasteiger partial charge in [-0.25, -0.2) is 0 Å². The van der Waals surface area contributed by atoms with Crippen molar-refractivity contribution in [3.63, 3.8) is 0 Å². The number of hydrogen-bond donors (Lipinski definition) is 3. The minimum absolute atomic E-state index is 0.0992. The van der Waals surface area contributed by atoms with E-state index in [1.165, 1.54) is 30.8 Å². The van der Waals surface area contributed by atoms with Crippen LogP contribution >= 0.6 is 0 Å².